The van der Waals surface area contributed by atoms with Gasteiger partial charge in [-0.25, -0.2) is 0 Å². The molecule has 2 unspecified atom stereocenters. The summed E-state index contributed by atoms with van der Waals surface area (Å²) >= 11 is 0. The summed E-state index contributed by atoms with van der Waals surface area (Å²) in [6.45, 7) is 2.73. The highest BCUT2D eigenvalue weighted by molar-refractivity contribution is 5.19. The number of nitrogens with two attached hydrogens (primary N) is 1. The van der Waals surface area contributed by atoms with E-state index in [1.54, 1.807) is 12.4 Å². The quantitative estimate of drug-likeness (QED) is 0.771. The Morgan fingerprint density at radius 1 is 1.57 bits per heavy atom. The van der Waals surface area contributed by atoms with E-state index in [0.717, 1.165) is 12.8 Å². The van der Waals surface area contributed by atoms with E-state index in [-0.39, 0.29) is 11.7 Å². The highest BCUT2D eigenvalue weighted by Gasteiger charge is 2.36. The van der Waals surface area contributed by atoms with Crippen molar-refractivity contribution >= 4 is 0 Å². The van der Waals surface area contributed by atoms with Crippen LogP contribution in [0.15, 0.2) is 24.5 Å². The van der Waals surface area contributed by atoms with Gasteiger partial charge in [0.1, 0.15) is 0 Å². The second kappa shape index (κ2) is 3.67. The van der Waals surface area contributed by atoms with Crippen LogP contribution in [0.4, 0.5) is 0 Å². The van der Waals surface area contributed by atoms with Crippen molar-refractivity contribution < 1.29 is 4.74 Å². The van der Waals surface area contributed by atoms with E-state index < -0.39 is 0 Å². The molecule has 1 saturated heterocycles. The van der Waals surface area contributed by atoms with E-state index in [0.29, 0.717) is 6.54 Å². The molecule has 1 aromatic rings. The van der Waals surface area contributed by atoms with Gasteiger partial charge in [0.25, 0.3) is 0 Å². The van der Waals surface area contributed by atoms with Crippen LogP contribution in [0.25, 0.3) is 0 Å². The maximum Gasteiger partial charge on any atom is 0.0909 e. The fraction of sp³-hybridized carbons (Fsp3) is 0.545. The molecule has 1 aliphatic rings. The molecule has 76 valence electrons. The average Bonchev–Trinajstić information content (AvgIpc) is 2.63. The van der Waals surface area contributed by atoms with Crippen LogP contribution in [-0.4, -0.2) is 17.6 Å². The number of ether oxygens (including phenoxy) is 1. The first kappa shape index (κ1) is 9.62. The minimum atomic E-state index is -0.160. The smallest absolute Gasteiger partial charge is 0.0909 e. The van der Waals surface area contributed by atoms with Crippen molar-refractivity contribution in [3.8, 4) is 0 Å². The van der Waals surface area contributed by atoms with Crippen LogP contribution >= 0.6 is 0 Å². The van der Waals surface area contributed by atoms with Crippen molar-refractivity contribution in [2.24, 2.45) is 5.73 Å². The first-order valence-corrected chi connectivity index (χ1v) is 5.03. The number of rotatable bonds is 2. The monoisotopic (exact) mass is 192 g/mol. The normalized spacial score (nSPS) is 32.0. The summed E-state index contributed by atoms with van der Waals surface area (Å²) < 4.78 is 5.93. The number of aromatic nitrogens is 1. The largest absolute Gasteiger partial charge is 0.366 e. The Morgan fingerprint density at radius 2 is 2.29 bits per heavy atom. The molecular weight excluding hydrogens is 176 g/mol. The van der Waals surface area contributed by atoms with Gasteiger partial charge in [-0.3, -0.25) is 4.98 Å². The zero-order valence-corrected chi connectivity index (χ0v) is 8.44. The molecule has 0 aromatic carbocycles. The maximum atomic E-state index is 5.93. The molecule has 2 atom stereocenters. The van der Waals surface area contributed by atoms with Crippen LogP contribution in [0.2, 0.25) is 0 Å². The Morgan fingerprint density at radius 3 is 2.86 bits per heavy atom. The second-order valence-electron chi connectivity index (χ2n) is 3.98. The van der Waals surface area contributed by atoms with Crippen molar-refractivity contribution in [2.75, 3.05) is 6.54 Å². The summed E-state index contributed by atoms with van der Waals surface area (Å²) in [5.74, 6) is 0. The Hall–Kier alpha value is -0.930. The third kappa shape index (κ3) is 1.65. The summed E-state index contributed by atoms with van der Waals surface area (Å²) in [6.07, 6.45) is 5.92. The molecule has 2 N–H and O–H groups in total. The summed E-state index contributed by atoms with van der Waals surface area (Å²) in [5, 5.41) is 0. The van der Waals surface area contributed by atoms with Gasteiger partial charge >= 0.3 is 0 Å². The molecule has 0 amide bonds. The molecular formula is C11H16N2O. The van der Waals surface area contributed by atoms with Gasteiger partial charge in [-0.2, -0.15) is 0 Å². The zero-order valence-electron chi connectivity index (χ0n) is 8.44. The molecule has 0 aliphatic carbocycles. The fourth-order valence-electron chi connectivity index (χ4n) is 2.00. The Kier molecular flexibility index (Phi) is 2.52. The Balaban J connectivity index is 2.19. The topological polar surface area (TPSA) is 48.1 Å². The van der Waals surface area contributed by atoms with E-state index in [2.05, 4.69) is 11.9 Å². The van der Waals surface area contributed by atoms with Gasteiger partial charge in [0.2, 0.25) is 0 Å². The van der Waals surface area contributed by atoms with Gasteiger partial charge in [0.05, 0.1) is 11.7 Å². The molecule has 2 rings (SSSR count). The lowest BCUT2D eigenvalue weighted by atomic mass is 9.94. The van der Waals surface area contributed by atoms with Crippen molar-refractivity contribution in [1.29, 1.82) is 0 Å². The van der Waals surface area contributed by atoms with E-state index in [4.69, 9.17) is 10.5 Å². The molecule has 0 saturated carbocycles. The average molecular weight is 192 g/mol. The molecule has 1 aromatic heterocycles. The van der Waals surface area contributed by atoms with E-state index >= 15 is 0 Å². The molecule has 1 fully saturated rings. The first-order valence-electron chi connectivity index (χ1n) is 5.03. The van der Waals surface area contributed by atoms with Gasteiger partial charge in [0.15, 0.2) is 0 Å². The molecule has 2 heterocycles. The van der Waals surface area contributed by atoms with Crippen LogP contribution in [0.3, 0.4) is 0 Å². The van der Waals surface area contributed by atoms with Crippen molar-refractivity contribution in [1.82, 2.24) is 4.98 Å². The van der Waals surface area contributed by atoms with E-state index in [1.165, 1.54) is 5.56 Å². The van der Waals surface area contributed by atoms with Crippen LogP contribution in [-0.2, 0) is 10.3 Å². The van der Waals surface area contributed by atoms with Crippen LogP contribution in [0, 0.1) is 0 Å². The van der Waals surface area contributed by atoms with E-state index in [9.17, 15) is 0 Å². The highest BCUT2D eigenvalue weighted by atomic mass is 16.5. The first-order chi connectivity index (χ1) is 6.74. The van der Waals surface area contributed by atoms with Gasteiger partial charge in [0, 0.05) is 18.9 Å². The van der Waals surface area contributed by atoms with Gasteiger partial charge < -0.3 is 10.5 Å². The van der Waals surface area contributed by atoms with Crippen molar-refractivity contribution in [3.63, 3.8) is 0 Å². The predicted octanol–water partition coefficient (Wildman–Crippen LogP) is 1.43. The molecule has 3 heteroatoms. The summed E-state index contributed by atoms with van der Waals surface area (Å²) in [4.78, 5) is 4.01. The lowest BCUT2D eigenvalue weighted by Gasteiger charge is -2.24. The van der Waals surface area contributed by atoms with Crippen LogP contribution < -0.4 is 5.73 Å². The molecule has 0 spiro atoms. The van der Waals surface area contributed by atoms with Gasteiger partial charge in [-0.1, -0.05) is 0 Å². The minimum absolute atomic E-state index is 0.160. The number of hydrogen-bond donors (Lipinski definition) is 1. The maximum absolute atomic E-state index is 5.93. The van der Waals surface area contributed by atoms with Crippen molar-refractivity contribution in [2.45, 2.75) is 31.5 Å². The van der Waals surface area contributed by atoms with E-state index in [1.807, 2.05) is 12.1 Å². The lowest BCUT2D eigenvalue weighted by Crippen LogP contribution is -2.26. The summed E-state index contributed by atoms with van der Waals surface area (Å²) in [6, 6.07) is 4.03. The summed E-state index contributed by atoms with van der Waals surface area (Å²) in [7, 11) is 0. The number of nitrogens with zero attached hydrogens (tertiary/aromatic N) is 1. The third-order valence-corrected chi connectivity index (χ3v) is 2.92. The number of hydrogen-bond acceptors (Lipinski definition) is 3. The molecule has 14 heavy (non-hydrogen) atoms. The minimum Gasteiger partial charge on any atom is -0.366 e. The zero-order chi connectivity index (χ0) is 10.0. The third-order valence-electron chi connectivity index (χ3n) is 2.92. The number of pyridine rings is 1. The predicted molar refractivity (Wildman–Crippen MR) is 54.8 cm³/mol. The van der Waals surface area contributed by atoms with Gasteiger partial charge in [-0.05, 0) is 37.5 Å². The fourth-order valence-corrected chi connectivity index (χ4v) is 2.00. The van der Waals surface area contributed by atoms with Crippen LogP contribution in [0.1, 0.15) is 25.3 Å². The van der Waals surface area contributed by atoms with Crippen LogP contribution in [0.5, 0.6) is 0 Å². The second-order valence-corrected chi connectivity index (χ2v) is 3.98. The standard InChI is InChI=1S/C11H16N2O/c1-11(5-2-10(8-12)14-11)9-3-6-13-7-4-9/h3-4,6-7,10H,2,5,8,12H2,1H3. The molecule has 0 bridgehead atoms. The Labute approximate surface area is 84.3 Å². The van der Waals surface area contributed by atoms with Gasteiger partial charge in [-0.15, -0.1) is 0 Å². The van der Waals surface area contributed by atoms with Crippen molar-refractivity contribution in [3.05, 3.63) is 30.1 Å². The summed E-state index contributed by atoms with van der Waals surface area (Å²) in [5.41, 5.74) is 6.63. The molecule has 0 radical (unpaired) electrons. The SMILES string of the molecule is CC1(c2ccncc2)CCC(CN)O1. The molecule has 1 aliphatic heterocycles. The highest BCUT2D eigenvalue weighted by Crippen LogP contribution is 2.38. The lowest BCUT2D eigenvalue weighted by molar-refractivity contribution is -0.0283. The molecule has 3 nitrogen and oxygen atoms in total. The Bertz CT molecular complexity index is 301.